The average molecular weight is 340 g/mol. The van der Waals surface area contributed by atoms with Crippen LogP contribution in [0.5, 0.6) is 0 Å². The monoisotopic (exact) mass is 340 g/mol. The van der Waals surface area contributed by atoms with Crippen molar-refractivity contribution >= 4 is 46.1 Å². The Morgan fingerprint density at radius 1 is 1.30 bits per heavy atom. The van der Waals surface area contributed by atoms with Gasteiger partial charge in [0, 0.05) is 25.0 Å². The molecule has 2 N–H and O–H groups in total. The van der Waals surface area contributed by atoms with Gasteiger partial charge in [0.15, 0.2) is 5.13 Å². The molecule has 0 radical (unpaired) electrons. The fourth-order valence-corrected chi connectivity index (χ4v) is 2.55. The zero-order valence-electron chi connectivity index (χ0n) is 11.9. The Hall–Kier alpha value is -2.82. The van der Waals surface area contributed by atoms with Crippen molar-refractivity contribution in [3.63, 3.8) is 0 Å². The number of imide groups is 1. The first-order valence-corrected chi connectivity index (χ1v) is 7.38. The lowest BCUT2D eigenvalue weighted by atomic mass is 10.3. The van der Waals surface area contributed by atoms with Gasteiger partial charge in [-0.2, -0.15) is 0 Å². The summed E-state index contributed by atoms with van der Waals surface area (Å²) in [7, 11) is 0. The summed E-state index contributed by atoms with van der Waals surface area (Å²) >= 11 is 0.834. The third kappa shape index (κ3) is 3.34. The Morgan fingerprint density at radius 2 is 2.00 bits per heavy atom. The second-order valence-electron chi connectivity index (χ2n) is 4.44. The van der Waals surface area contributed by atoms with Crippen molar-refractivity contribution < 1.29 is 29.1 Å². The Bertz CT molecular complexity index is 699. The number of rotatable bonds is 4. The number of piperazine rings is 1. The fourth-order valence-electron chi connectivity index (χ4n) is 1.87. The van der Waals surface area contributed by atoms with Gasteiger partial charge in [0.25, 0.3) is 5.78 Å². The first kappa shape index (κ1) is 16.5. The van der Waals surface area contributed by atoms with Crippen molar-refractivity contribution in [1.82, 2.24) is 14.8 Å². The van der Waals surface area contributed by atoms with E-state index in [4.69, 9.17) is 5.11 Å². The van der Waals surface area contributed by atoms with Crippen molar-refractivity contribution in [3.8, 4) is 0 Å². The lowest BCUT2D eigenvalue weighted by Gasteiger charge is -2.31. The minimum Gasteiger partial charge on any atom is -0.475 e. The fraction of sp³-hybridized carbons (Fsp3) is 0.333. The number of Topliss-reactive ketones (excluding diaryl/α,β-unsaturated/α-hetero) is 1. The Balaban J connectivity index is 2.05. The van der Waals surface area contributed by atoms with Gasteiger partial charge in [0.1, 0.15) is 5.69 Å². The van der Waals surface area contributed by atoms with Gasteiger partial charge in [-0.15, -0.1) is 11.3 Å². The SMILES string of the molecule is CCN1CCN(C(=O)Nc2nc(C(=O)C(=O)O)cs2)C(=O)C1=O. The zero-order valence-corrected chi connectivity index (χ0v) is 12.8. The number of hydrogen-bond acceptors (Lipinski definition) is 7. The van der Waals surface area contributed by atoms with Crippen LogP contribution in [0.1, 0.15) is 17.4 Å². The number of anilines is 1. The number of carbonyl (C=O) groups excluding carboxylic acids is 4. The number of nitrogens with one attached hydrogen (secondary N) is 1. The number of thiazole rings is 1. The molecule has 1 aromatic rings. The lowest BCUT2D eigenvalue weighted by molar-refractivity contribution is -0.153. The summed E-state index contributed by atoms with van der Waals surface area (Å²) in [6.07, 6.45) is 0. The van der Waals surface area contributed by atoms with Crippen molar-refractivity contribution in [1.29, 1.82) is 0 Å². The van der Waals surface area contributed by atoms with Crippen LogP contribution in [0.15, 0.2) is 5.38 Å². The summed E-state index contributed by atoms with van der Waals surface area (Å²) in [5, 5.41) is 12.0. The smallest absolute Gasteiger partial charge is 0.378 e. The second kappa shape index (κ2) is 6.52. The van der Waals surface area contributed by atoms with E-state index in [-0.39, 0.29) is 23.9 Å². The van der Waals surface area contributed by atoms with Gasteiger partial charge in [-0.3, -0.25) is 24.6 Å². The number of hydrogen-bond donors (Lipinski definition) is 2. The summed E-state index contributed by atoms with van der Waals surface area (Å²) in [6, 6.07) is -0.859. The molecule has 2 heterocycles. The van der Waals surface area contributed by atoms with Crippen LogP contribution in [0.2, 0.25) is 0 Å². The molecule has 0 aliphatic carbocycles. The third-order valence-electron chi connectivity index (χ3n) is 3.08. The molecular formula is C12H12N4O6S. The number of aromatic nitrogens is 1. The predicted octanol–water partition coefficient (Wildman–Crippen LogP) is -0.367. The normalized spacial score (nSPS) is 14.8. The molecule has 1 aliphatic heterocycles. The maximum Gasteiger partial charge on any atom is 0.378 e. The van der Waals surface area contributed by atoms with Gasteiger partial charge in [-0.1, -0.05) is 0 Å². The summed E-state index contributed by atoms with van der Waals surface area (Å²) < 4.78 is 0. The highest BCUT2D eigenvalue weighted by molar-refractivity contribution is 7.14. The summed E-state index contributed by atoms with van der Waals surface area (Å²) in [6.45, 7) is 2.36. The third-order valence-corrected chi connectivity index (χ3v) is 3.84. The number of carbonyl (C=O) groups is 5. The molecule has 4 amide bonds. The van der Waals surface area contributed by atoms with Crippen molar-refractivity contribution in [2.45, 2.75) is 6.92 Å². The van der Waals surface area contributed by atoms with E-state index in [0.717, 1.165) is 16.2 Å². The highest BCUT2D eigenvalue weighted by Crippen LogP contribution is 2.17. The van der Waals surface area contributed by atoms with E-state index in [1.54, 1.807) is 6.92 Å². The molecule has 0 unspecified atom stereocenters. The minimum atomic E-state index is -1.66. The number of aliphatic carboxylic acids is 1. The summed E-state index contributed by atoms with van der Waals surface area (Å²) in [5.74, 6) is -4.59. The van der Waals surface area contributed by atoms with Crippen molar-refractivity contribution in [2.24, 2.45) is 0 Å². The van der Waals surface area contributed by atoms with E-state index in [1.807, 2.05) is 0 Å². The molecule has 1 aromatic heterocycles. The molecule has 1 aliphatic rings. The summed E-state index contributed by atoms with van der Waals surface area (Å²) in [5.41, 5.74) is -0.323. The number of carboxylic acids is 1. The number of likely N-dealkylation sites (N-methyl/N-ethyl adjacent to an activating group) is 1. The van der Waals surface area contributed by atoms with Crippen LogP contribution in [0.25, 0.3) is 0 Å². The van der Waals surface area contributed by atoms with Gasteiger partial charge in [0.05, 0.1) is 0 Å². The van der Waals surface area contributed by atoms with E-state index in [1.165, 1.54) is 10.3 Å². The van der Waals surface area contributed by atoms with Crippen LogP contribution in [0.3, 0.4) is 0 Å². The van der Waals surface area contributed by atoms with Gasteiger partial charge >= 0.3 is 23.8 Å². The van der Waals surface area contributed by atoms with Gasteiger partial charge in [-0.25, -0.2) is 14.6 Å². The number of urea groups is 1. The predicted molar refractivity (Wildman–Crippen MR) is 77.1 cm³/mol. The number of carboxylic acid groups (broad SMARTS) is 1. The molecule has 1 fully saturated rings. The average Bonchev–Trinajstić information content (AvgIpc) is 2.97. The maximum absolute atomic E-state index is 12.0. The molecule has 11 heteroatoms. The van der Waals surface area contributed by atoms with Gasteiger partial charge in [-0.05, 0) is 6.92 Å². The molecule has 10 nitrogen and oxygen atoms in total. The minimum absolute atomic E-state index is 0.0382. The molecule has 122 valence electrons. The zero-order chi connectivity index (χ0) is 17.1. The van der Waals surface area contributed by atoms with Crippen LogP contribution in [0.4, 0.5) is 9.93 Å². The van der Waals surface area contributed by atoms with E-state index < -0.39 is 29.6 Å². The second-order valence-corrected chi connectivity index (χ2v) is 5.30. The van der Waals surface area contributed by atoms with Gasteiger partial charge in [0.2, 0.25) is 0 Å². The highest BCUT2D eigenvalue weighted by Gasteiger charge is 2.35. The molecule has 1 saturated heterocycles. The lowest BCUT2D eigenvalue weighted by Crippen LogP contribution is -2.56. The topological polar surface area (TPSA) is 137 Å². The standard InChI is InChI=1S/C12H12N4O6S/c1-2-15-3-4-16(9(19)8(15)18)12(22)14-11-13-6(5-23-11)7(17)10(20)21/h5H,2-4H2,1H3,(H,20,21)(H,13,14,22). The quantitative estimate of drug-likeness (QED) is 0.563. The molecular weight excluding hydrogens is 328 g/mol. The Labute approximate surface area is 133 Å². The number of ketones is 1. The van der Waals surface area contributed by atoms with E-state index in [0.29, 0.717) is 6.54 Å². The molecule has 23 heavy (non-hydrogen) atoms. The number of nitrogens with zero attached hydrogens (tertiary/aromatic N) is 3. The molecule has 2 rings (SSSR count). The maximum atomic E-state index is 12.0. The van der Waals surface area contributed by atoms with E-state index >= 15 is 0 Å². The summed E-state index contributed by atoms with van der Waals surface area (Å²) in [4.78, 5) is 63.1. The molecule has 0 saturated carbocycles. The molecule has 0 spiro atoms. The largest absolute Gasteiger partial charge is 0.475 e. The van der Waals surface area contributed by atoms with Gasteiger partial charge < -0.3 is 10.0 Å². The van der Waals surface area contributed by atoms with Crippen molar-refractivity contribution in [3.05, 3.63) is 11.1 Å². The molecule has 0 bridgehead atoms. The number of amides is 4. The van der Waals surface area contributed by atoms with Crippen LogP contribution in [-0.4, -0.2) is 69.1 Å². The first-order chi connectivity index (χ1) is 10.8. The highest BCUT2D eigenvalue weighted by atomic mass is 32.1. The molecule has 0 atom stereocenters. The van der Waals surface area contributed by atoms with Crippen LogP contribution >= 0.6 is 11.3 Å². The first-order valence-electron chi connectivity index (χ1n) is 6.50. The van der Waals surface area contributed by atoms with Crippen LogP contribution < -0.4 is 5.32 Å². The van der Waals surface area contributed by atoms with Crippen molar-refractivity contribution in [2.75, 3.05) is 25.0 Å². The van der Waals surface area contributed by atoms with E-state index in [9.17, 15) is 24.0 Å². The Kier molecular flexibility index (Phi) is 4.69. The van der Waals surface area contributed by atoms with Crippen LogP contribution in [-0.2, 0) is 14.4 Å². The molecule has 0 aromatic carbocycles. The Morgan fingerprint density at radius 3 is 2.61 bits per heavy atom. The van der Waals surface area contributed by atoms with E-state index in [2.05, 4.69) is 10.3 Å². The van der Waals surface area contributed by atoms with Crippen LogP contribution in [0, 0.1) is 0 Å².